The van der Waals surface area contributed by atoms with Gasteiger partial charge in [0.2, 0.25) is 0 Å². The van der Waals surface area contributed by atoms with Crippen LogP contribution in [-0.4, -0.2) is 41.0 Å². The third-order valence-electron chi connectivity index (χ3n) is 6.07. The molecule has 4 rings (SSSR count). The average Bonchev–Trinajstić information content (AvgIpc) is 2.81. The third kappa shape index (κ3) is 6.14. The van der Waals surface area contributed by atoms with Gasteiger partial charge in [0.05, 0.1) is 18.4 Å². The molecular weight excluding hydrogens is 419 g/mol. The fraction of sp³-hybridized carbons (Fsp3) is 0.346. The Bertz CT molecular complexity index is 1100. The maximum atomic E-state index is 13.5. The number of carbonyl (C=O) groups is 1. The van der Waals surface area contributed by atoms with Crippen LogP contribution in [0.25, 0.3) is 0 Å². The van der Waals surface area contributed by atoms with E-state index < -0.39 is 0 Å². The number of methoxy groups -OCH3 is 1. The molecule has 1 aliphatic rings. The first kappa shape index (κ1) is 22.9. The predicted octanol–water partition coefficient (Wildman–Crippen LogP) is 4.64. The van der Waals surface area contributed by atoms with Gasteiger partial charge >= 0.3 is 0 Å². The molecule has 172 valence electrons. The van der Waals surface area contributed by atoms with Crippen molar-refractivity contribution in [2.45, 2.75) is 32.7 Å². The van der Waals surface area contributed by atoms with Crippen molar-refractivity contribution in [2.75, 3.05) is 25.5 Å². The van der Waals surface area contributed by atoms with Crippen molar-refractivity contribution in [3.63, 3.8) is 0 Å². The van der Waals surface area contributed by atoms with Crippen molar-refractivity contribution < 1.29 is 13.9 Å². The van der Waals surface area contributed by atoms with Gasteiger partial charge in [0.1, 0.15) is 17.4 Å². The molecule has 0 radical (unpaired) electrons. The molecule has 33 heavy (non-hydrogen) atoms. The summed E-state index contributed by atoms with van der Waals surface area (Å²) < 4.78 is 18.6. The molecule has 0 spiro atoms. The molecule has 0 bridgehead atoms. The number of aryl methyl sites for hydroxylation is 1. The third-order valence-corrected chi connectivity index (χ3v) is 6.07. The highest BCUT2D eigenvalue weighted by Crippen LogP contribution is 2.24. The number of halogens is 1. The molecule has 2 heterocycles. The summed E-state index contributed by atoms with van der Waals surface area (Å²) in [6, 6.07) is 14.0. The van der Waals surface area contributed by atoms with Crippen LogP contribution in [0.4, 0.5) is 10.1 Å². The second kappa shape index (κ2) is 10.5. The lowest BCUT2D eigenvalue weighted by atomic mass is 9.90. The molecule has 2 aromatic carbocycles. The Kier molecular flexibility index (Phi) is 7.29. The maximum Gasteiger partial charge on any atom is 0.259 e. The van der Waals surface area contributed by atoms with Crippen molar-refractivity contribution >= 4 is 11.6 Å². The van der Waals surface area contributed by atoms with Crippen LogP contribution in [0.2, 0.25) is 0 Å². The first-order valence-electron chi connectivity index (χ1n) is 11.2. The van der Waals surface area contributed by atoms with Crippen molar-refractivity contribution in [2.24, 2.45) is 5.92 Å². The molecule has 0 atom stereocenters. The van der Waals surface area contributed by atoms with E-state index in [-0.39, 0.29) is 11.7 Å². The smallest absolute Gasteiger partial charge is 0.259 e. The topological polar surface area (TPSA) is 67.3 Å². The highest BCUT2D eigenvalue weighted by molar-refractivity contribution is 6.04. The van der Waals surface area contributed by atoms with E-state index >= 15 is 0 Å². The fourth-order valence-electron chi connectivity index (χ4n) is 4.25. The number of rotatable bonds is 7. The number of ether oxygens (including phenoxy) is 1. The van der Waals surface area contributed by atoms with E-state index in [0.29, 0.717) is 23.0 Å². The average molecular weight is 449 g/mol. The Morgan fingerprint density at radius 1 is 1.18 bits per heavy atom. The SMILES string of the molecule is COc1ccc(NC(=O)c2cnc(C)nc2CC2CCN(Cc3cccc(F)c3)CC2)cc1. The van der Waals surface area contributed by atoms with Gasteiger partial charge in [-0.15, -0.1) is 0 Å². The van der Waals surface area contributed by atoms with Gasteiger partial charge in [0, 0.05) is 18.4 Å². The Hall–Kier alpha value is -3.32. The number of piperidine rings is 1. The fourth-order valence-corrected chi connectivity index (χ4v) is 4.25. The van der Waals surface area contributed by atoms with E-state index in [9.17, 15) is 9.18 Å². The van der Waals surface area contributed by atoms with Crippen molar-refractivity contribution in [1.29, 1.82) is 0 Å². The van der Waals surface area contributed by atoms with Gasteiger partial charge < -0.3 is 10.1 Å². The molecule has 1 aromatic heterocycles. The minimum absolute atomic E-state index is 0.193. The molecule has 6 nitrogen and oxygen atoms in total. The Morgan fingerprint density at radius 2 is 1.94 bits per heavy atom. The summed E-state index contributed by atoms with van der Waals surface area (Å²) in [5.41, 5.74) is 2.99. The number of benzene rings is 2. The van der Waals surface area contributed by atoms with Crippen LogP contribution in [0.5, 0.6) is 5.75 Å². The van der Waals surface area contributed by atoms with Crippen LogP contribution in [-0.2, 0) is 13.0 Å². The molecule has 1 fully saturated rings. The van der Waals surface area contributed by atoms with Crippen LogP contribution >= 0.6 is 0 Å². The molecule has 7 heteroatoms. The molecule has 0 unspecified atom stereocenters. The summed E-state index contributed by atoms with van der Waals surface area (Å²) in [5.74, 6) is 1.43. The Morgan fingerprint density at radius 3 is 2.64 bits per heavy atom. The minimum atomic E-state index is -0.210. The van der Waals surface area contributed by atoms with Gasteiger partial charge in [-0.1, -0.05) is 12.1 Å². The largest absolute Gasteiger partial charge is 0.497 e. The quantitative estimate of drug-likeness (QED) is 0.570. The lowest BCUT2D eigenvalue weighted by Gasteiger charge is -2.32. The number of anilines is 1. The second-order valence-electron chi connectivity index (χ2n) is 8.51. The van der Waals surface area contributed by atoms with Crippen LogP contribution in [0, 0.1) is 18.7 Å². The number of carbonyl (C=O) groups excluding carboxylic acids is 1. The molecule has 1 saturated heterocycles. The van der Waals surface area contributed by atoms with Crippen molar-refractivity contribution in [1.82, 2.24) is 14.9 Å². The van der Waals surface area contributed by atoms with Crippen LogP contribution in [0.3, 0.4) is 0 Å². The van der Waals surface area contributed by atoms with Crippen molar-refractivity contribution in [3.05, 3.63) is 83.2 Å². The van der Waals surface area contributed by atoms with Crippen LogP contribution in [0.15, 0.2) is 54.7 Å². The summed E-state index contributed by atoms with van der Waals surface area (Å²) in [6.07, 6.45) is 4.38. The zero-order chi connectivity index (χ0) is 23.2. The van der Waals surface area contributed by atoms with E-state index in [1.807, 2.05) is 13.0 Å². The zero-order valence-electron chi connectivity index (χ0n) is 19.1. The number of nitrogens with one attached hydrogen (secondary N) is 1. The predicted molar refractivity (Wildman–Crippen MR) is 126 cm³/mol. The van der Waals surface area contributed by atoms with Gasteiger partial charge in [-0.2, -0.15) is 0 Å². The number of hydrogen-bond donors (Lipinski definition) is 1. The zero-order valence-corrected chi connectivity index (χ0v) is 19.1. The van der Waals surface area contributed by atoms with Crippen molar-refractivity contribution in [3.8, 4) is 5.75 Å². The monoisotopic (exact) mass is 448 g/mol. The summed E-state index contributed by atoms with van der Waals surface area (Å²) >= 11 is 0. The molecule has 1 N–H and O–H groups in total. The van der Waals surface area contributed by atoms with Gasteiger partial charge in [0.25, 0.3) is 5.91 Å². The molecule has 0 aliphatic carbocycles. The number of aromatic nitrogens is 2. The summed E-state index contributed by atoms with van der Waals surface area (Å²) in [6.45, 7) is 4.49. The van der Waals surface area contributed by atoms with Gasteiger partial charge in [-0.3, -0.25) is 9.69 Å². The summed E-state index contributed by atoms with van der Waals surface area (Å²) in [4.78, 5) is 24.2. The van der Waals surface area contributed by atoms with Crippen LogP contribution in [0.1, 0.15) is 40.3 Å². The number of hydrogen-bond acceptors (Lipinski definition) is 5. The standard InChI is InChI=1S/C26H29FN4O2/c1-18-28-16-24(26(32)30-22-6-8-23(33-2)9-7-22)25(29-18)15-19-10-12-31(13-11-19)17-20-4-3-5-21(27)14-20/h3-9,14,16,19H,10-13,15,17H2,1-2H3,(H,30,32). The van der Waals surface area contributed by atoms with Crippen LogP contribution < -0.4 is 10.1 Å². The highest BCUT2D eigenvalue weighted by Gasteiger charge is 2.23. The Balaban J connectivity index is 1.38. The Labute approximate surface area is 193 Å². The van der Waals surface area contributed by atoms with Gasteiger partial charge in [-0.05, 0) is 87.2 Å². The lowest BCUT2D eigenvalue weighted by Crippen LogP contribution is -2.34. The first-order chi connectivity index (χ1) is 16.0. The molecule has 1 aliphatic heterocycles. The maximum absolute atomic E-state index is 13.5. The molecule has 1 amide bonds. The van der Waals surface area contributed by atoms with E-state index in [1.54, 1.807) is 49.7 Å². The molecule has 3 aromatic rings. The van der Waals surface area contributed by atoms with Gasteiger partial charge in [-0.25, -0.2) is 14.4 Å². The summed E-state index contributed by atoms with van der Waals surface area (Å²) in [7, 11) is 1.61. The summed E-state index contributed by atoms with van der Waals surface area (Å²) in [5, 5.41) is 2.93. The molecular formula is C26H29FN4O2. The van der Waals surface area contributed by atoms with E-state index in [4.69, 9.17) is 4.74 Å². The minimum Gasteiger partial charge on any atom is -0.497 e. The van der Waals surface area contributed by atoms with Gasteiger partial charge in [0.15, 0.2) is 0 Å². The first-order valence-corrected chi connectivity index (χ1v) is 11.2. The lowest BCUT2D eigenvalue weighted by molar-refractivity contribution is 0.102. The van der Waals surface area contributed by atoms with E-state index in [0.717, 1.165) is 55.9 Å². The highest BCUT2D eigenvalue weighted by atomic mass is 19.1. The van der Waals surface area contributed by atoms with E-state index in [1.165, 1.54) is 6.07 Å². The van der Waals surface area contributed by atoms with E-state index in [2.05, 4.69) is 20.2 Å². The normalized spacial score (nSPS) is 14.8. The number of nitrogens with zero attached hydrogens (tertiary/aromatic N) is 3. The number of likely N-dealkylation sites (tertiary alicyclic amines) is 1. The molecule has 0 saturated carbocycles. The second-order valence-corrected chi connectivity index (χ2v) is 8.51. The number of amides is 1.